The Labute approximate surface area is 254 Å². The standard InChI is InChI=1S/C32H41N3O5S2/c1-8-29(31(37)33-32(3,4)5)34(21-24-10-9-11-26(20-24)40-6)30(36)22-35(25-14-12-23(2)13-15-25)42(38,39)28-18-16-27(41-7)17-19-28/h9-20,29H,8,21-22H2,1-7H3,(H,33,37). The molecule has 0 aliphatic rings. The first-order valence-electron chi connectivity index (χ1n) is 13.8. The molecule has 2 amide bonds. The molecule has 0 fully saturated rings. The number of thioether (sulfide) groups is 1. The van der Waals surface area contributed by atoms with Crippen LogP contribution in [-0.2, 0) is 26.2 Å². The van der Waals surface area contributed by atoms with Crippen LogP contribution in [-0.4, -0.2) is 56.6 Å². The molecule has 3 aromatic rings. The lowest BCUT2D eigenvalue weighted by atomic mass is 10.1. The van der Waals surface area contributed by atoms with Crippen molar-refractivity contribution in [1.29, 1.82) is 0 Å². The van der Waals surface area contributed by atoms with Crippen LogP contribution >= 0.6 is 11.8 Å². The van der Waals surface area contributed by atoms with E-state index in [4.69, 9.17) is 4.74 Å². The Kier molecular flexibility index (Phi) is 11.1. The summed E-state index contributed by atoms with van der Waals surface area (Å²) in [5, 5.41) is 2.98. The average molecular weight is 612 g/mol. The molecule has 8 nitrogen and oxygen atoms in total. The van der Waals surface area contributed by atoms with Gasteiger partial charge in [-0.15, -0.1) is 11.8 Å². The van der Waals surface area contributed by atoms with E-state index in [-0.39, 0.29) is 17.3 Å². The third-order valence-electron chi connectivity index (χ3n) is 6.62. The van der Waals surface area contributed by atoms with Gasteiger partial charge in [-0.25, -0.2) is 8.42 Å². The Morgan fingerprint density at radius 1 is 1.00 bits per heavy atom. The number of ether oxygens (including phenoxy) is 1. The van der Waals surface area contributed by atoms with Crippen LogP contribution in [0.3, 0.4) is 0 Å². The number of methoxy groups -OCH3 is 1. The molecule has 0 aliphatic heterocycles. The van der Waals surface area contributed by atoms with E-state index in [0.29, 0.717) is 17.9 Å². The molecule has 10 heteroatoms. The van der Waals surface area contributed by atoms with Crippen LogP contribution in [0.15, 0.2) is 82.6 Å². The fourth-order valence-electron chi connectivity index (χ4n) is 4.45. The van der Waals surface area contributed by atoms with E-state index in [0.717, 1.165) is 20.3 Å². The van der Waals surface area contributed by atoms with E-state index < -0.39 is 34.1 Å². The molecule has 226 valence electrons. The minimum Gasteiger partial charge on any atom is -0.497 e. The summed E-state index contributed by atoms with van der Waals surface area (Å²) in [5.74, 6) is -0.193. The number of hydrogen-bond donors (Lipinski definition) is 1. The van der Waals surface area contributed by atoms with E-state index in [9.17, 15) is 18.0 Å². The van der Waals surface area contributed by atoms with Gasteiger partial charge in [0.25, 0.3) is 10.0 Å². The highest BCUT2D eigenvalue weighted by Crippen LogP contribution is 2.27. The summed E-state index contributed by atoms with van der Waals surface area (Å²) < 4.78 is 34.5. The van der Waals surface area contributed by atoms with E-state index in [1.807, 2.05) is 53.0 Å². The lowest BCUT2D eigenvalue weighted by Gasteiger charge is -2.34. The molecule has 3 aromatic carbocycles. The highest BCUT2D eigenvalue weighted by molar-refractivity contribution is 7.98. The van der Waals surface area contributed by atoms with Crippen molar-refractivity contribution < 1.29 is 22.7 Å². The van der Waals surface area contributed by atoms with Gasteiger partial charge >= 0.3 is 0 Å². The van der Waals surface area contributed by atoms with Crippen LogP contribution in [0.2, 0.25) is 0 Å². The number of amides is 2. The van der Waals surface area contributed by atoms with Gasteiger partial charge in [0.15, 0.2) is 0 Å². The van der Waals surface area contributed by atoms with Crippen molar-refractivity contribution in [2.75, 3.05) is 24.2 Å². The Morgan fingerprint density at radius 2 is 1.64 bits per heavy atom. The number of hydrogen-bond acceptors (Lipinski definition) is 6. The van der Waals surface area contributed by atoms with Crippen molar-refractivity contribution in [3.63, 3.8) is 0 Å². The molecular weight excluding hydrogens is 571 g/mol. The van der Waals surface area contributed by atoms with E-state index in [1.165, 1.54) is 16.7 Å². The van der Waals surface area contributed by atoms with Crippen molar-refractivity contribution in [3.05, 3.63) is 83.9 Å². The summed E-state index contributed by atoms with van der Waals surface area (Å²) in [7, 11) is -2.57. The lowest BCUT2D eigenvalue weighted by Crippen LogP contribution is -2.55. The molecule has 1 unspecified atom stereocenters. The number of nitrogens with one attached hydrogen (secondary N) is 1. The molecule has 0 saturated heterocycles. The second kappa shape index (κ2) is 14.1. The van der Waals surface area contributed by atoms with Crippen molar-refractivity contribution in [3.8, 4) is 5.75 Å². The van der Waals surface area contributed by atoms with E-state index in [2.05, 4.69) is 5.32 Å². The summed E-state index contributed by atoms with van der Waals surface area (Å²) >= 11 is 1.51. The second-order valence-electron chi connectivity index (χ2n) is 11.1. The number of sulfonamides is 1. The Morgan fingerprint density at radius 3 is 2.19 bits per heavy atom. The molecule has 42 heavy (non-hydrogen) atoms. The van der Waals surface area contributed by atoms with Gasteiger partial charge in [0.1, 0.15) is 18.3 Å². The SMILES string of the molecule is CCC(C(=O)NC(C)(C)C)N(Cc1cccc(OC)c1)C(=O)CN(c1ccc(C)cc1)S(=O)(=O)c1ccc(SC)cc1. The van der Waals surface area contributed by atoms with Gasteiger partial charge in [-0.1, -0.05) is 36.8 Å². The van der Waals surface area contributed by atoms with Crippen LogP contribution in [0.5, 0.6) is 5.75 Å². The summed E-state index contributed by atoms with van der Waals surface area (Å²) in [4.78, 5) is 30.1. The van der Waals surface area contributed by atoms with Crippen molar-refractivity contribution in [1.82, 2.24) is 10.2 Å². The third-order valence-corrected chi connectivity index (χ3v) is 9.15. The Bertz CT molecular complexity index is 1470. The molecule has 0 saturated carbocycles. The lowest BCUT2D eigenvalue weighted by molar-refractivity contribution is -0.141. The topological polar surface area (TPSA) is 96.0 Å². The van der Waals surface area contributed by atoms with Gasteiger partial charge in [0, 0.05) is 17.0 Å². The van der Waals surface area contributed by atoms with Gasteiger partial charge in [-0.05, 0) is 94.5 Å². The van der Waals surface area contributed by atoms with Gasteiger partial charge in [-0.3, -0.25) is 13.9 Å². The molecule has 0 aromatic heterocycles. The van der Waals surface area contributed by atoms with Crippen molar-refractivity contribution >= 4 is 39.3 Å². The maximum atomic E-state index is 14.2. The largest absolute Gasteiger partial charge is 0.497 e. The number of benzene rings is 3. The first kappa shape index (κ1) is 33.0. The number of anilines is 1. The normalized spacial score (nSPS) is 12.4. The molecule has 1 atom stereocenters. The third kappa shape index (κ3) is 8.51. The minimum absolute atomic E-state index is 0.0746. The van der Waals surface area contributed by atoms with Crippen LogP contribution < -0.4 is 14.4 Å². The minimum atomic E-state index is -4.13. The van der Waals surface area contributed by atoms with E-state index in [1.54, 1.807) is 67.8 Å². The van der Waals surface area contributed by atoms with Crippen LogP contribution in [0.25, 0.3) is 0 Å². The summed E-state index contributed by atoms with van der Waals surface area (Å²) in [6, 6.07) is 20.0. The van der Waals surface area contributed by atoms with Crippen LogP contribution in [0.4, 0.5) is 5.69 Å². The molecular formula is C32H41N3O5S2. The zero-order valence-corrected chi connectivity index (χ0v) is 27.0. The molecule has 0 bridgehead atoms. The maximum Gasteiger partial charge on any atom is 0.264 e. The summed E-state index contributed by atoms with van der Waals surface area (Å²) in [6.45, 7) is 8.97. The predicted octanol–water partition coefficient (Wildman–Crippen LogP) is 5.64. The van der Waals surface area contributed by atoms with Crippen LogP contribution in [0.1, 0.15) is 45.2 Å². The highest BCUT2D eigenvalue weighted by Gasteiger charge is 2.34. The van der Waals surface area contributed by atoms with Gasteiger partial charge in [0.2, 0.25) is 11.8 Å². The number of nitrogens with zero attached hydrogens (tertiary/aromatic N) is 2. The van der Waals surface area contributed by atoms with E-state index >= 15 is 0 Å². The average Bonchev–Trinajstić information content (AvgIpc) is 2.95. The monoisotopic (exact) mass is 611 g/mol. The number of carbonyl (C=O) groups excluding carboxylic acids is 2. The summed E-state index contributed by atoms with van der Waals surface area (Å²) in [6.07, 6.45) is 2.25. The Balaban J connectivity index is 2.08. The maximum absolute atomic E-state index is 14.2. The molecule has 1 N–H and O–H groups in total. The van der Waals surface area contributed by atoms with Gasteiger partial charge < -0.3 is 15.0 Å². The number of carbonyl (C=O) groups is 2. The quantitative estimate of drug-likeness (QED) is 0.266. The fourth-order valence-corrected chi connectivity index (χ4v) is 6.28. The van der Waals surface area contributed by atoms with Crippen molar-refractivity contribution in [2.24, 2.45) is 0 Å². The molecule has 0 heterocycles. The first-order valence-corrected chi connectivity index (χ1v) is 16.4. The zero-order valence-electron chi connectivity index (χ0n) is 25.4. The van der Waals surface area contributed by atoms with Crippen molar-refractivity contribution in [2.45, 2.75) is 69.0 Å². The van der Waals surface area contributed by atoms with Crippen LogP contribution in [0, 0.1) is 6.92 Å². The molecule has 0 aliphatic carbocycles. The predicted molar refractivity (Wildman–Crippen MR) is 169 cm³/mol. The number of rotatable bonds is 12. The second-order valence-corrected chi connectivity index (χ2v) is 13.8. The Hall–Kier alpha value is -3.50. The zero-order chi connectivity index (χ0) is 31.1. The molecule has 0 spiro atoms. The first-order chi connectivity index (χ1) is 19.8. The molecule has 3 rings (SSSR count). The number of aryl methyl sites for hydroxylation is 1. The molecule has 0 radical (unpaired) electrons. The highest BCUT2D eigenvalue weighted by atomic mass is 32.2. The van der Waals surface area contributed by atoms with Gasteiger partial charge in [-0.2, -0.15) is 0 Å². The smallest absolute Gasteiger partial charge is 0.264 e. The summed E-state index contributed by atoms with van der Waals surface area (Å²) in [5.41, 5.74) is 1.55. The van der Waals surface area contributed by atoms with Gasteiger partial charge in [0.05, 0.1) is 17.7 Å². The fraction of sp³-hybridized carbons (Fsp3) is 0.375.